The molecule has 0 aliphatic carbocycles. The van der Waals surface area contributed by atoms with Crippen LogP contribution in [0.25, 0.3) is 11.1 Å². The van der Waals surface area contributed by atoms with Gasteiger partial charge in [-0.1, -0.05) is 43.3 Å². The van der Waals surface area contributed by atoms with Gasteiger partial charge in [-0.05, 0) is 37.0 Å². The zero-order valence-electron chi connectivity index (χ0n) is 17.7. The van der Waals surface area contributed by atoms with Crippen molar-refractivity contribution in [1.82, 2.24) is 0 Å². The Bertz CT molecular complexity index is 1050. The molecule has 0 fully saturated rings. The van der Waals surface area contributed by atoms with Gasteiger partial charge in [-0.2, -0.15) is 0 Å². The molecular formula is C23H27O8P. The Morgan fingerprint density at radius 3 is 2.03 bits per heavy atom. The lowest BCUT2D eigenvalue weighted by Crippen LogP contribution is -2.56. The highest BCUT2D eigenvalue weighted by Crippen LogP contribution is 2.62. The molecule has 2 aromatic rings. The normalized spacial score (nSPS) is 19.2. The summed E-state index contributed by atoms with van der Waals surface area (Å²) in [6.45, 7) is 0.389. The molecule has 0 aromatic heterocycles. The number of aliphatic carboxylic acids is 2. The second-order valence-corrected chi connectivity index (χ2v) is 10.4. The summed E-state index contributed by atoms with van der Waals surface area (Å²) in [6, 6.07) is 13.9. The Hall–Kier alpha value is -2.67. The van der Waals surface area contributed by atoms with E-state index in [2.05, 4.69) is 0 Å². The van der Waals surface area contributed by atoms with Gasteiger partial charge in [0.25, 0.3) is 7.37 Å². The van der Waals surface area contributed by atoms with Crippen LogP contribution in [-0.2, 0) is 14.2 Å². The van der Waals surface area contributed by atoms with E-state index < -0.39 is 55.9 Å². The highest BCUT2D eigenvalue weighted by molar-refractivity contribution is 7.67. The summed E-state index contributed by atoms with van der Waals surface area (Å²) < 4.78 is 20.4. The molecule has 3 rings (SSSR count). The average molecular weight is 462 g/mol. The standard InChI is InChI=1S/C23H27O8P/c1-2-22(11-13-24,23(12-14-25,20(26)27)21(28)29)15-32(30)19-10-6-4-8-17(19)16-7-3-5-9-18(16)31-32/h3-10,24-25H,2,11-15H2,1H3,(H,26,27)(H,28,29). The number of aliphatic hydroxyl groups is 2. The zero-order valence-corrected chi connectivity index (χ0v) is 18.6. The van der Waals surface area contributed by atoms with E-state index in [4.69, 9.17) is 4.52 Å². The smallest absolute Gasteiger partial charge is 0.321 e. The van der Waals surface area contributed by atoms with Gasteiger partial charge in [0.2, 0.25) is 0 Å². The van der Waals surface area contributed by atoms with E-state index in [0.717, 1.165) is 5.56 Å². The molecular weight excluding hydrogens is 435 g/mol. The third-order valence-electron chi connectivity index (χ3n) is 6.59. The van der Waals surface area contributed by atoms with Crippen LogP contribution >= 0.6 is 7.37 Å². The second-order valence-electron chi connectivity index (χ2n) is 8.03. The first-order valence-corrected chi connectivity index (χ1v) is 12.2. The van der Waals surface area contributed by atoms with Crippen LogP contribution in [0, 0.1) is 10.8 Å². The summed E-state index contributed by atoms with van der Waals surface area (Å²) in [5.41, 5.74) is -2.72. The van der Waals surface area contributed by atoms with Crippen LogP contribution < -0.4 is 9.83 Å². The quantitative estimate of drug-likeness (QED) is 0.312. The maximum atomic E-state index is 14.4. The van der Waals surface area contributed by atoms with Crippen molar-refractivity contribution in [3.05, 3.63) is 48.5 Å². The molecule has 8 nitrogen and oxygen atoms in total. The molecule has 1 aliphatic rings. The molecule has 4 N–H and O–H groups in total. The van der Waals surface area contributed by atoms with Gasteiger partial charge in [-0.25, -0.2) is 0 Å². The lowest BCUT2D eigenvalue weighted by molar-refractivity contribution is -0.178. The number of carboxylic acids is 2. The van der Waals surface area contributed by atoms with Crippen LogP contribution in [0.2, 0.25) is 0 Å². The van der Waals surface area contributed by atoms with Crippen molar-refractivity contribution in [1.29, 1.82) is 0 Å². The van der Waals surface area contributed by atoms with E-state index >= 15 is 0 Å². The van der Waals surface area contributed by atoms with Crippen molar-refractivity contribution in [3.63, 3.8) is 0 Å². The first-order chi connectivity index (χ1) is 15.2. The first-order valence-electron chi connectivity index (χ1n) is 10.4. The van der Waals surface area contributed by atoms with Crippen molar-refractivity contribution in [2.45, 2.75) is 26.2 Å². The Morgan fingerprint density at radius 2 is 1.47 bits per heavy atom. The number of rotatable bonds is 10. The molecule has 2 atom stereocenters. The maximum absolute atomic E-state index is 14.4. The van der Waals surface area contributed by atoms with Gasteiger partial charge in [0.15, 0.2) is 5.41 Å². The van der Waals surface area contributed by atoms with Gasteiger partial charge in [0.1, 0.15) is 5.75 Å². The Balaban J connectivity index is 2.25. The predicted octanol–water partition coefficient (Wildman–Crippen LogP) is 2.97. The number of aliphatic hydroxyl groups excluding tert-OH is 2. The van der Waals surface area contributed by atoms with Gasteiger partial charge < -0.3 is 24.9 Å². The summed E-state index contributed by atoms with van der Waals surface area (Å²) in [6.07, 6.45) is -1.26. The summed E-state index contributed by atoms with van der Waals surface area (Å²) in [5, 5.41) is 40.0. The number of para-hydroxylation sites is 1. The molecule has 0 saturated carbocycles. The number of hydrogen-bond acceptors (Lipinski definition) is 6. The van der Waals surface area contributed by atoms with E-state index in [9.17, 15) is 34.6 Å². The summed E-state index contributed by atoms with van der Waals surface area (Å²) in [7, 11) is -3.82. The monoisotopic (exact) mass is 462 g/mol. The van der Waals surface area contributed by atoms with E-state index in [1.807, 2.05) is 12.1 Å². The van der Waals surface area contributed by atoms with Crippen LogP contribution in [0.5, 0.6) is 5.75 Å². The third kappa shape index (κ3) is 3.62. The zero-order chi connectivity index (χ0) is 23.6. The van der Waals surface area contributed by atoms with Gasteiger partial charge in [0.05, 0.1) is 5.30 Å². The number of benzene rings is 2. The minimum atomic E-state index is -3.82. The molecule has 9 heteroatoms. The Labute approximate surface area is 185 Å². The molecule has 0 amide bonds. The molecule has 1 heterocycles. The summed E-state index contributed by atoms with van der Waals surface area (Å²) in [5.74, 6) is -2.93. The number of carbonyl (C=O) groups is 2. The molecule has 32 heavy (non-hydrogen) atoms. The number of carboxylic acid groups (broad SMARTS) is 2. The van der Waals surface area contributed by atoms with E-state index in [1.54, 1.807) is 43.3 Å². The van der Waals surface area contributed by atoms with Crippen LogP contribution in [0.4, 0.5) is 0 Å². The van der Waals surface area contributed by atoms with Gasteiger partial charge in [-0.3, -0.25) is 14.2 Å². The van der Waals surface area contributed by atoms with E-state index in [-0.39, 0.29) is 12.8 Å². The first kappa shape index (κ1) is 24.0. The van der Waals surface area contributed by atoms with Crippen LogP contribution in [-0.4, -0.2) is 51.7 Å². The van der Waals surface area contributed by atoms with Crippen LogP contribution in [0.3, 0.4) is 0 Å². The van der Waals surface area contributed by atoms with Gasteiger partial charge in [-0.15, -0.1) is 0 Å². The largest absolute Gasteiger partial charge is 0.480 e. The number of hydrogen-bond donors (Lipinski definition) is 4. The van der Waals surface area contributed by atoms with Crippen molar-refractivity contribution < 1.29 is 39.1 Å². The predicted molar refractivity (Wildman–Crippen MR) is 118 cm³/mol. The number of fused-ring (bicyclic) bond motifs is 3. The van der Waals surface area contributed by atoms with Crippen molar-refractivity contribution in [2.24, 2.45) is 10.8 Å². The molecule has 0 radical (unpaired) electrons. The van der Waals surface area contributed by atoms with Crippen molar-refractivity contribution >= 4 is 24.6 Å². The fourth-order valence-electron chi connectivity index (χ4n) is 4.91. The molecule has 2 unspecified atom stereocenters. The second kappa shape index (κ2) is 9.06. The molecule has 0 saturated heterocycles. The molecule has 0 bridgehead atoms. The molecule has 1 aliphatic heterocycles. The minimum absolute atomic E-state index is 0.0106. The lowest BCUT2D eigenvalue weighted by Gasteiger charge is -2.46. The maximum Gasteiger partial charge on any atom is 0.321 e. The SMILES string of the molecule is CCC(CCO)(CP1(=O)Oc2ccccc2-c2ccccc21)C(CCO)(C(=O)O)C(=O)O. The van der Waals surface area contributed by atoms with Gasteiger partial charge in [0, 0.05) is 30.4 Å². The minimum Gasteiger partial charge on any atom is -0.480 e. The highest BCUT2D eigenvalue weighted by atomic mass is 31.2. The summed E-state index contributed by atoms with van der Waals surface area (Å²) >= 11 is 0. The molecule has 172 valence electrons. The third-order valence-corrected chi connectivity index (χ3v) is 9.23. The van der Waals surface area contributed by atoms with Crippen LogP contribution in [0.15, 0.2) is 48.5 Å². The topological polar surface area (TPSA) is 141 Å². The van der Waals surface area contributed by atoms with Gasteiger partial charge >= 0.3 is 11.9 Å². The highest BCUT2D eigenvalue weighted by Gasteiger charge is 2.63. The van der Waals surface area contributed by atoms with Crippen molar-refractivity contribution in [2.75, 3.05) is 19.4 Å². The molecule has 0 spiro atoms. The van der Waals surface area contributed by atoms with Crippen LogP contribution in [0.1, 0.15) is 26.2 Å². The Kier molecular flexibility index (Phi) is 6.79. The van der Waals surface area contributed by atoms with Crippen molar-refractivity contribution in [3.8, 4) is 16.9 Å². The summed E-state index contributed by atoms with van der Waals surface area (Å²) in [4.78, 5) is 24.8. The fourth-order valence-corrected chi connectivity index (χ4v) is 8.05. The Morgan fingerprint density at radius 1 is 0.906 bits per heavy atom. The average Bonchev–Trinajstić information content (AvgIpc) is 2.77. The molecule has 2 aromatic carbocycles. The lowest BCUT2D eigenvalue weighted by atomic mass is 9.59. The van der Waals surface area contributed by atoms with E-state index in [1.165, 1.54) is 0 Å². The van der Waals surface area contributed by atoms with E-state index in [0.29, 0.717) is 16.6 Å². The fraction of sp³-hybridized carbons (Fsp3) is 0.391.